The van der Waals surface area contributed by atoms with E-state index in [0.717, 1.165) is 16.6 Å². The van der Waals surface area contributed by atoms with Gasteiger partial charge in [0.05, 0.1) is 11.2 Å². The van der Waals surface area contributed by atoms with E-state index < -0.39 is 0 Å². The summed E-state index contributed by atoms with van der Waals surface area (Å²) in [6, 6.07) is 18.5. The lowest BCUT2D eigenvalue weighted by Gasteiger charge is -2.17. The van der Waals surface area contributed by atoms with Crippen LogP contribution in [-0.4, -0.2) is 4.98 Å². The Kier molecular flexibility index (Phi) is 3.25. The molecule has 1 atom stereocenters. The van der Waals surface area contributed by atoms with Crippen LogP contribution in [0.2, 0.25) is 0 Å². The van der Waals surface area contributed by atoms with Crippen molar-refractivity contribution in [3.05, 3.63) is 66.4 Å². The molecule has 0 aliphatic rings. The Morgan fingerprint density at radius 1 is 1.00 bits per heavy atom. The highest BCUT2D eigenvalue weighted by Crippen LogP contribution is 2.29. The minimum Gasteiger partial charge on any atom is -0.397 e. The summed E-state index contributed by atoms with van der Waals surface area (Å²) in [4.78, 5) is 4.36. The van der Waals surface area contributed by atoms with Gasteiger partial charge in [-0.1, -0.05) is 30.3 Å². The van der Waals surface area contributed by atoms with Crippen molar-refractivity contribution in [2.24, 2.45) is 0 Å². The number of nitrogens with zero attached hydrogens (tertiary/aromatic N) is 1. The quantitative estimate of drug-likeness (QED) is 0.702. The van der Waals surface area contributed by atoms with Crippen LogP contribution in [0.1, 0.15) is 18.5 Å². The zero-order chi connectivity index (χ0) is 13.9. The number of pyridine rings is 1. The first kappa shape index (κ1) is 12.5. The monoisotopic (exact) mass is 263 g/mol. The van der Waals surface area contributed by atoms with Crippen molar-refractivity contribution in [1.82, 2.24) is 4.98 Å². The normalized spacial score (nSPS) is 12.2. The van der Waals surface area contributed by atoms with Crippen molar-refractivity contribution in [2.45, 2.75) is 13.0 Å². The molecule has 1 aromatic heterocycles. The van der Waals surface area contributed by atoms with Gasteiger partial charge >= 0.3 is 0 Å². The molecule has 3 aromatic rings. The highest BCUT2D eigenvalue weighted by atomic mass is 14.9. The first-order valence-electron chi connectivity index (χ1n) is 6.70. The summed E-state index contributed by atoms with van der Waals surface area (Å²) in [5.41, 5.74) is 9.83. The molecule has 20 heavy (non-hydrogen) atoms. The van der Waals surface area contributed by atoms with Gasteiger partial charge < -0.3 is 11.1 Å². The molecule has 2 aromatic carbocycles. The average Bonchev–Trinajstić information content (AvgIpc) is 2.51. The molecule has 0 saturated heterocycles. The predicted molar refractivity (Wildman–Crippen MR) is 84.6 cm³/mol. The van der Waals surface area contributed by atoms with Crippen molar-refractivity contribution in [3.8, 4) is 0 Å². The number of anilines is 2. The molecule has 0 bridgehead atoms. The van der Waals surface area contributed by atoms with Crippen molar-refractivity contribution in [3.63, 3.8) is 0 Å². The molecular weight excluding hydrogens is 246 g/mol. The van der Waals surface area contributed by atoms with Gasteiger partial charge in [-0.2, -0.15) is 0 Å². The van der Waals surface area contributed by atoms with Crippen LogP contribution < -0.4 is 11.1 Å². The van der Waals surface area contributed by atoms with E-state index in [9.17, 15) is 0 Å². The molecule has 1 heterocycles. The SMILES string of the molecule is CC(Nc1ccc(N)c2ncccc12)c1ccccc1. The summed E-state index contributed by atoms with van der Waals surface area (Å²) >= 11 is 0. The molecule has 3 nitrogen and oxygen atoms in total. The summed E-state index contributed by atoms with van der Waals surface area (Å²) in [5.74, 6) is 0. The fourth-order valence-electron chi connectivity index (χ4n) is 2.38. The van der Waals surface area contributed by atoms with Crippen LogP contribution in [0.5, 0.6) is 0 Å². The van der Waals surface area contributed by atoms with Crippen LogP contribution in [0.3, 0.4) is 0 Å². The highest BCUT2D eigenvalue weighted by Gasteiger charge is 2.09. The summed E-state index contributed by atoms with van der Waals surface area (Å²) in [5, 5.41) is 4.58. The zero-order valence-electron chi connectivity index (χ0n) is 11.4. The summed E-state index contributed by atoms with van der Waals surface area (Å²) in [6.45, 7) is 2.15. The number of aromatic nitrogens is 1. The maximum absolute atomic E-state index is 5.98. The molecule has 3 N–H and O–H groups in total. The van der Waals surface area contributed by atoms with Gasteiger partial charge in [-0.05, 0) is 36.8 Å². The maximum Gasteiger partial charge on any atom is 0.0951 e. The Labute approximate surface area is 118 Å². The van der Waals surface area contributed by atoms with E-state index in [-0.39, 0.29) is 6.04 Å². The minimum atomic E-state index is 0.225. The van der Waals surface area contributed by atoms with Crippen molar-refractivity contribution >= 4 is 22.3 Å². The lowest BCUT2D eigenvalue weighted by molar-refractivity contribution is 0.887. The fourth-order valence-corrected chi connectivity index (χ4v) is 2.38. The van der Waals surface area contributed by atoms with E-state index in [1.807, 2.05) is 30.3 Å². The van der Waals surface area contributed by atoms with Crippen molar-refractivity contribution < 1.29 is 0 Å². The average molecular weight is 263 g/mol. The second kappa shape index (κ2) is 5.21. The molecule has 3 heteroatoms. The Balaban J connectivity index is 1.97. The van der Waals surface area contributed by atoms with E-state index in [0.29, 0.717) is 5.69 Å². The van der Waals surface area contributed by atoms with Crippen LogP contribution in [0.15, 0.2) is 60.8 Å². The maximum atomic E-state index is 5.98. The van der Waals surface area contributed by atoms with Gasteiger partial charge in [-0.15, -0.1) is 0 Å². The summed E-state index contributed by atoms with van der Waals surface area (Å²) in [7, 11) is 0. The van der Waals surface area contributed by atoms with Crippen LogP contribution in [-0.2, 0) is 0 Å². The van der Waals surface area contributed by atoms with Gasteiger partial charge in [-0.25, -0.2) is 0 Å². The third kappa shape index (κ3) is 2.30. The summed E-state index contributed by atoms with van der Waals surface area (Å²) < 4.78 is 0. The molecule has 1 unspecified atom stereocenters. The first-order valence-corrected chi connectivity index (χ1v) is 6.70. The molecule has 0 saturated carbocycles. The third-order valence-electron chi connectivity index (χ3n) is 3.47. The van der Waals surface area contributed by atoms with E-state index in [4.69, 9.17) is 5.73 Å². The molecule has 0 aliphatic carbocycles. The number of hydrogen-bond donors (Lipinski definition) is 2. The molecule has 100 valence electrons. The second-order valence-corrected chi connectivity index (χ2v) is 4.88. The highest BCUT2D eigenvalue weighted by molar-refractivity contribution is 5.98. The number of rotatable bonds is 3. The Morgan fingerprint density at radius 2 is 1.80 bits per heavy atom. The molecule has 0 amide bonds. The first-order chi connectivity index (χ1) is 9.75. The van der Waals surface area contributed by atoms with E-state index >= 15 is 0 Å². The molecule has 3 rings (SSSR count). The Hall–Kier alpha value is -2.55. The van der Waals surface area contributed by atoms with E-state index in [1.165, 1.54) is 5.56 Å². The Morgan fingerprint density at radius 3 is 2.60 bits per heavy atom. The lowest BCUT2D eigenvalue weighted by atomic mass is 10.1. The summed E-state index contributed by atoms with van der Waals surface area (Å²) in [6.07, 6.45) is 1.77. The van der Waals surface area contributed by atoms with Gasteiger partial charge in [0.25, 0.3) is 0 Å². The molecular formula is C17H17N3. The number of fused-ring (bicyclic) bond motifs is 1. The van der Waals surface area contributed by atoms with Gasteiger partial charge in [0.1, 0.15) is 0 Å². The molecule has 0 aliphatic heterocycles. The van der Waals surface area contributed by atoms with E-state index in [1.54, 1.807) is 6.20 Å². The number of nitrogens with one attached hydrogen (secondary N) is 1. The smallest absolute Gasteiger partial charge is 0.0951 e. The second-order valence-electron chi connectivity index (χ2n) is 4.88. The largest absolute Gasteiger partial charge is 0.397 e. The van der Waals surface area contributed by atoms with Gasteiger partial charge in [0.15, 0.2) is 0 Å². The van der Waals surface area contributed by atoms with Crippen LogP contribution >= 0.6 is 0 Å². The zero-order valence-corrected chi connectivity index (χ0v) is 11.4. The van der Waals surface area contributed by atoms with Crippen molar-refractivity contribution in [2.75, 3.05) is 11.1 Å². The van der Waals surface area contributed by atoms with Gasteiger partial charge in [0.2, 0.25) is 0 Å². The Bertz CT molecular complexity index is 723. The van der Waals surface area contributed by atoms with Crippen LogP contribution in [0.25, 0.3) is 10.9 Å². The standard InChI is InChI=1S/C17H17N3/c1-12(13-6-3-2-4-7-13)20-16-10-9-15(18)17-14(16)8-5-11-19-17/h2-12,20H,18H2,1H3. The van der Waals surface area contributed by atoms with Gasteiger partial charge in [-0.3, -0.25) is 4.98 Å². The molecule has 0 spiro atoms. The van der Waals surface area contributed by atoms with Gasteiger partial charge in [0, 0.05) is 23.3 Å². The fraction of sp³-hybridized carbons (Fsp3) is 0.118. The topological polar surface area (TPSA) is 50.9 Å². The third-order valence-corrected chi connectivity index (χ3v) is 3.47. The number of benzene rings is 2. The van der Waals surface area contributed by atoms with Crippen LogP contribution in [0.4, 0.5) is 11.4 Å². The predicted octanol–water partition coefficient (Wildman–Crippen LogP) is 3.99. The minimum absolute atomic E-state index is 0.225. The lowest BCUT2D eigenvalue weighted by Crippen LogP contribution is -2.07. The number of hydrogen-bond acceptors (Lipinski definition) is 3. The number of nitrogens with two attached hydrogens (primary N) is 1. The number of nitrogen functional groups attached to an aromatic ring is 1. The van der Waals surface area contributed by atoms with Crippen LogP contribution in [0, 0.1) is 0 Å². The van der Waals surface area contributed by atoms with E-state index in [2.05, 4.69) is 41.5 Å². The van der Waals surface area contributed by atoms with Crippen molar-refractivity contribution in [1.29, 1.82) is 0 Å². The molecule has 0 radical (unpaired) electrons. The molecule has 0 fully saturated rings.